The minimum absolute atomic E-state index is 0.159. The van der Waals surface area contributed by atoms with Crippen LogP contribution < -0.4 is 10.0 Å². The number of nitrogens with two attached hydrogens (primary N) is 1. The van der Waals surface area contributed by atoms with Crippen LogP contribution in [-0.4, -0.2) is 50.4 Å². The molecule has 0 radical (unpaired) electrons. The van der Waals surface area contributed by atoms with Gasteiger partial charge in [-0.3, -0.25) is 4.79 Å². The second kappa shape index (κ2) is 9.24. The third-order valence-electron chi connectivity index (χ3n) is 6.49. The number of nitrogens with zero attached hydrogens (tertiary/aromatic N) is 2. The lowest BCUT2D eigenvalue weighted by atomic mass is 10.0. The Kier molecular flexibility index (Phi) is 6.20. The second-order valence-electron chi connectivity index (χ2n) is 8.82. The summed E-state index contributed by atoms with van der Waals surface area (Å²) in [5.41, 5.74) is 1.56. The predicted molar refractivity (Wildman–Crippen MR) is 135 cm³/mol. The molecule has 0 atom stereocenters. The molecule has 1 fully saturated rings. The molecular formula is C26H23F3N4O3S. The van der Waals surface area contributed by atoms with E-state index in [1.165, 1.54) is 24.3 Å². The number of anilines is 1. The van der Waals surface area contributed by atoms with Gasteiger partial charge in [0.05, 0.1) is 16.0 Å². The Balaban J connectivity index is 1.43. The number of alkyl halides is 3. The number of nitrogens with one attached hydrogen (secondary N) is 1. The fourth-order valence-electron chi connectivity index (χ4n) is 4.63. The van der Waals surface area contributed by atoms with Crippen LogP contribution in [0.4, 0.5) is 18.9 Å². The standard InChI is InChI=1S/C26H23F3N4O3S/c27-26(28,29)18-8-10-19(11-9-18)32-12-14-33(15-13-32)25(34)20-5-3-7-23(37(30,35)36)24(20)22-16-17-4-1-2-6-21(17)31-22/h1-11,16,31H,12-15H2,(H2,30,35,36). The summed E-state index contributed by atoms with van der Waals surface area (Å²) in [6, 6.07) is 18.5. The van der Waals surface area contributed by atoms with Crippen molar-refractivity contribution >= 4 is 32.5 Å². The maximum atomic E-state index is 13.6. The molecule has 37 heavy (non-hydrogen) atoms. The molecule has 1 aliphatic rings. The van der Waals surface area contributed by atoms with Gasteiger partial charge in [-0.2, -0.15) is 13.2 Å². The summed E-state index contributed by atoms with van der Waals surface area (Å²) in [5.74, 6) is -0.355. The molecule has 192 valence electrons. The van der Waals surface area contributed by atoms with Crippen molar-refractivity contribution in [2.24, 2.45) is 5.14 Å². The molecule has 2 heterocycles. The number of carbonyl (C=O) groups is 1. The molecule has 1 saturated heterocycles. The number of amides is 1. The van der Waals surface area contributed by atoms with Crippen LogP contribution in [0.5, 0.6) is 0 Å². The Labute approximate surface area is 211 Å². The number of rotatable bonds is 4. The smallest absolute Gasteiger partial charge is 0.368 e. The van der Waals surface area contributed by atoms with Gasteiger partial charge in [0, 0.05) is 54.0 Å². The minimum Gasteiger partial charge on any atom is -0.368 e. The first-order valence-corrected chi connectivity index (χ1v) is 13.0. The lowest BCUT2D eigenvalue weighted by molar-refractivity contribution is -0.137. The van der Waals surface area contributed by atoms with Gasteiger partial charge in [0.25, 0.3) is 5.91 Å². The van der Waals surface area contributed by atoms with E-state index < -0.39 is 21.8 Å². The lowest BCUT2D eigenvalue weighted by Crippen LogP contribution is -2.49. The van der Waals surface area contributed by atoms with Crippen molar-refractivity contribution in [2.45, 2.75) is 11.1 Å². The number of fused-ring (bicyclic) bond motifs is 1. The molecule has 0 saturated carbocycles. The van der Waals surface area contributed by atoms with Crippen LogP contribution in [-0.2, 0) is 16.2 Å². The average molecular weight is 529 g/mol. The summed E-state index contributed by atoms with van der Waals surface area (Å²) in [6.07, 6.45) is -4.40. The zero-order valence-electron chi connectivity index (χ0n) is 19.5. The molecule has 0 unspecified atom stereocenters. The second-order valence-corrected chi connectivity index (χ2v) is 10.3. The topological polar surface area (TPSA) is 99.5 Å². The van der Waals surface area contributed by atoms with E-state index in [2.05, 4.69) is 4.98 Å². The number of piperazine rings is 1. The molecule has 0 bridgehead atoms. The summed E-state index contributed by atoms with van der Waals surface area (Å²) in [7, 11) is -4.14. The first-order valence-electron chi connectivity index (χ1n) is 11.5. The predicted octanol–water partition coefficient (Wildman–Crippen LogP) is 4.46. The van der Waals surface area contributed by atoms with E-state index in [0.29, 0.717) is 37.6 Å². The number of aromatic amines is 1. The Morgan fingerprint density at radius 2 is 1.57 bits per heavy atom. The molecule has 0 aliphatic carbocycles. The van der Waals surface area contributed by atoms with Crippen molar-refractivity contribution in [1.29, 1.82) is 0 Å². The van der Waals surface area contributed by atoms with Gasteiger partial charge >= 0.3 is 6.18 Å². The first kappa shape index (κ1) is 24.8. The third kappa shape index (κ3) is 4.92. The monoisotopic (exact) mass is 528 g/mol. The number of benzene rings is 3. The van der Waals surface area contributed by atoms with Crippen molar-refractivity contribution in [2.75, 3.05) is 31.1 Å². The maximum Gasteiger partial charge on any atom is 0.416 e. The molecule has 1 aliphatic heterocycles. The fraction of sp³-hybridized carbons (Fsp3) is 0.192. The molecule has 1 amide bonds. The van der Waals surface area contributed by atoms with Crippen LogP contribution in [0, 0.1) is 0 Å². The van der Waals surface area contributed by atoms with Crippen LogP contribution >= 0.6 is 0 Å². The Morgan fingerprint density at radius 3 is 2.19 bits per heavy atom. The summed E-state index contributed by atoms with van der Waals surface area (Å²) < 4.78 is 63.5. The van der Waals surface area contributed by atoms with Crippen molar-refractivity contribution in [3.8, 4) is 11.3 Å². The summed E-state index contributed by atoms with van der Waals surface area (Å²) in [4.78, 5) is 20.2. The number of halogens is 3. The molecule has 4 aromatic rings. The molecule has 0 spiro atoms. The number of primary sulfonamides is 1. The normalized spacial score (nSPS) is 14.8. The molecule has 11 heteroatoms. The maximum absolute atomic E-state index is 13.6. The van der Waals surface area contributed by atoms with Crippen LogP contribution in [0.3, 0.4) is 0 Å². The van der Waals surface area contributed by atoms with Gasteiger partial charge in [-0.15, -0.1) is 0 Å². The zero-order chi connectivity index (χ0) is 26.4. The molecule has 5 rings (SSSR count). The number of H-pyrrole nitrogens is 1. The van der Waals surface area contributed by atoms with E-state index >= 15 is 0 Å². The van der Waals surface area contributed by atoms with Crippen LogP contribution in [0.15, 0.2) is 77.7 Å². The SMILES string of the molecule is NS(=O)(=O)c1cccc(C(=O)N2CCN(c3ccc(C(F)(F)F)cc3)CC2)c1-c1cc2ccccc2[nH]1. The van der Waals surface area contributed by atoms with Crippen molar-refractivity contribution < 1.29 is 26.4 Å². The number of para-hydroxylation sites is 1. The molecule has 1 aromatic heterocycles. The van der Waals surface area contributed by atoms with Crippen LogP contribution in [0.25, 0.3) is 22.2 Å². The highest BCUT2D eigenvalue weighted by Crippen LogP contribution is 2.34. The Hall–Kier alpha value is -3.83. The molecular weight excluding hydrogens is 505 g/mol. The molecule has 3 aromatic carbocycles. The highest BCUT2D eigenvalue weighted by molar-refractivity contribution is 7.89. The number of hydrogen-bond acceptors (Lipinski definition) is 4. The minimum atomic E-state index is -4.40. The van der Waals surface area contributed by atoms with Gasteiger partial charge in [-0.25, -0.2) is 13.6 Å². The van der Waals surface area contributed by atoms with Gasteiger partial charge in [0.1, 0.15) is 0 Å². The van der Waals surface area contributed by atoms with E-state index in [9.17, 15) is 26.4 Å². The van der Waals surface area contributed by atoms with Crippen LogP contribution in [0.2, 0.25) is 0 Å². The van der Waals surface area contributed by atoms with E-state index in [4.69, 9.17) is 5.14 Å². The Morgan fingerprint density at radius 1 is 0.892 bits per heavy atom. The van der Waals surface area contributed by atoms with E-state index in [1.54, 1.807) is 17.0 Å². The lowest BCUT2D eigenvalue weighted by Gasteiger charge is -2.36. The highest BCUT2D eigenvalue weighted by atomic mass is 32.2. The van der Waals surface area contributed by atoms with Crippen molar-refractivity contribution in [1.82, 2.24) is 9.88 Å². The molecule has 7 nitrogen and oxygen atoms in total. The summed E-state index contributed by atoms with van der Waals surface area (Å²) in [5, 5.41) is 6.37. The number of aromatic nitrogens is 1. The quantitative estimate of drug-likeness (QED) is 0.409. The van der Waals surface area contributed by atoms with Gasteiger partial charge in [0.15, 0.2) is 0 Å². The first-order chi connectivity index (χ1) is 17.5. The third-order valence-corrected chi connectivity index (χ3v) is 7.44. The summed E-state index contributed by atoms with van der Waals surface area (Å²) in [6.45, 7) is 1.44. The van der Waals surface area contributed by atoms with Gasteiger partial charge < -0.3 is 14.8 Å². The van der Waals surface area contributed by atoms with Gasteiger partial charge in [-0.05, 0) is 48.5 Å². The van der Waals surface area contributed by atoms with Crippen molar-refractivity contribution in [3.63, 3.8) is 0 Å². The van der Waals surface area contributed by atoms with E-state index in [-0.39, 0.29) is 21.9 Å². The van der Waals surface area contributed by atoms with Crippen LogP contribution in [0.1, 0.15) is 15.9 Å². The molecule has 3 N–H and O–H groups in total. The van der Waals surface area contributed by atoms with Gasteiger partial charge in [-0.1, -0.05) is 24.3 Å². The zero-order valence-corrected chi connectivity index (χ0v) is 20.3. The largest absolute Gasteiger partial charge is 0.416 e. The van der Waals surface area contributed by atoms with Gasteiger partial charge in [0.2, 0.25) is 10.0 Å². The summed E-state index contributed by atoms with van der Waals surface area (Å²) >= 11 is 0. The highest BCUT2D eigenvalue weighted by Gasteiger charge is 2.31. The number of sulfonamides is 1. The average Bonchev–Trinajstić information content (AvgIpc) is 3.31. The number of hydrogen-bond donors (Lipinski definition) is 2. The van der Waals surface area contributed by atoms with E-state index in [1.807, 2.05) is 29.2 Å². The Bertz CT molecular complexity index is 1540. The van der Waals surface area contributed by atoms with Crippen molar-refractivity contribution in [3.05, 3.63) is 83.9 Å². The van der Waals surface area contributed by atoms with E-state index in [0.717, 1.165) is 23.0 Å². The fourth-order valence-corrected chi connectivity index (χ4v) is 5.40. The number of carbonyl (C=O) groups excluding carboxylic acids is 1.